The quantitative estimate of drug-likeness (QED) is 0.620. The van der Waals surface area contributed by atoms with Crippen molar-refractivity contribution >= 4 is 5.69 Å². The van der Waals surface area contributed by atoms with Gasteiger partial charge in [0.25, 0.3) is 5.69 Å². The number of nitrogens with one attached hydrogen (secondary N) is 1. The number of nitro benzene ring substituents is 1. The fourth-order valence-electron chi connectivity index (χ4n) is 2.98. The van der Waals surface area contributed by atoms with Crippen molar-refractivity contribution in [1.29, 1.82) is 0 Å². The Bertz CT molecular complexity index is 484. The van der Waals surface area contributed by atoms with Crippen LogP contribution in [-0.2, 0) is 6.54 Å². The maximum Gasteiger partial charge on any atom is 0.272 e. The molecule has 2 rings (SSSR count). The molecule has 1 aliphatic rings. The molecule has 5 nitrogen and oxygen atoms in total. The molecule has 21 heavy (non-hydrogen) atoms. The van der Waals surface area contributed by atoms with Gasteiger partial charge >= 0.3 is 0 Å². The summed E-state index contributed by atoms with van der Waals surface area (Å²) in [5.74, 6) is 0.599. The van der Waals surface area contributed by atoms with Gasteiger partial charge in [-0.2, -0.15) is 0 Å². The number of likely N-dealkylation sites (tertiary alicyclic amines) is 1. The van der Waals surface area contributed by atoms with E-state index in [0.717, 1.165) is 24.2 Å². The molecule has 5 heteroatoms. The zero-order valence-electron chi connectivity index (χ0n) is 13.0. The Morgan fingerprint density at radius 3 is 2.76 bits per heavy atom. The molecule has 1 unspecified atom stereocenters. The second kappa shape index (κ2) is 7.52. The lowest BCUT2D eigenvalue weighted by molar-refractivity contribution is -0.385. The smallest absolute Gasteiger partial charge is 0.272 e. The van der Waals surface area contributed by atoms with Gasteiger partial charge in [0.1, 0.15) is 0 Å². The van der Waals surface area contributed by atoms with Crippen LogP contribution in [-0.4, -0.2) is 36.0 Å². The van der Waals surface area contributed by atoms with Gasteiger partial charge < -0.3 is 10.2 Å². The van der Waals surface area contributed by atoms with E-state index < -0.39 is 0 Å². The second-order valence-corrected chi connectivity index (χ2v) is 6.06. The van der Waals surface area contributed by atoms with Crippen LogP contribution in [0.5, 0.6) is 0 Å². The van der Waals surface area contributed by atoms with Gasteiger partial charge in [-0.1, -0.05) is 19.1 Å². The van der Waals surface area contributed by atoms with Crippen molar-refractivity contribution in [3.05, 3.63) is 39.4 Å². The highest BCUT2D eigenvalue weighted by Gasteiger charge is 2.15. The number of nitrogens with zero attached hydrogens (tertiary/aromatic N) is 2. The Morgan fingerprint density at radius 1 is 1.38 bits per heavy atom. The predicted octanol–water partition coefficient (Wildman–Crippen LogP) is 2.72. The first kappa shape index (κ1) is 15.9. The van der Waals surface area contributed by atoms with Crippen molar-refractivity contribution < 1.29 is 4.92 Å². The molecule has 0 spiro atoms. The molecule has 1 heterocycles. The normalized spacial score (nSPS) is 17.0. The minimum Gasteiger partial charge on any atom is -0.312 e. The summed E-state index contributed by atoms with van der Waals surface area (Å²) in [6.45, 7) is 9.31. The zero-order valence-corrected chi connectivity index (χ0v) is 13.0. The van der Waals surface area contributed by atoms with Gasteiger partial charge in [0, 0.05) is 24.7 Å². The van der Waals surface area contributed by atoms with Gasteiger partial charge in [0.15, 0.2) is 0 Å². The van der Waals surface area contributed by atoms with E-state index in [1.807, 2.05) is 13.0 Å². The molecule has 0 radical (unpaired) electrons. The zero-order chi connectivity index (χ0) is 15.2. The molecular formula is C16H25N3O2. The van der Waals surface area contributed by atoms with E-state index in [9.17, 15) is 10.1 Å². The van der Waals surface area contributed by atoms with Crippen LogP contribution in [0.4, 0.5) is 5.69 Å². The number of benzene rings is 1. The van der Waals surface area contributed by atoms with Crippen molar-refractivity contribution in [3.8, 4) is 0 Å². The predicted molar refractivity (Wildman–Crippen MR) is 84.4 cm³/mol. The van der Waals surface area contributed by atoms with Gasteiger partial charge in [0.2, 0.25) is 0 Å². The van der Waals surface area contributed by atoms with Crippen molar-refractivity contribution in [2.45, 2.75) is 33.2 Å². The third-order valence-electron chi connectivity index (χ3n) is 4.19. The molecular weight excluding hydrogens is 266 g/mol. The fourth-order valence-corrected chi connectivity index (χ4v) is 2.98. The lowest BCUT2D eigenvalue weighted by Crippen LogP contribution is -2.31. The van der Waals surface area contributed by atoms with Crippen LogP contribution in [0.2, 0.25) is 0 Å². The number of hydrogen-bond acceptors (Lipinski definition) is 4. The summed E-state index contributed by atoms with van der Waals surface area (Å²) >= 11 is 0. The average molecular weight is 291 g/mol. The molecule has 1 aliphatic heterocycles. The van der Waals surface area contributed by atoms with Crippen molar-refractivity contribution in [1.82, 2.24) is 10.2 Å². The molecule has 116 valence electrons. The van der Waals surface area contributed by atoms with Crippen LogP contribution < -0.4 is 5.32 Å². The molecule has 1 aromatic carbocycles. The second-order valence-electron chi connectivity index (χ2n) is 6.06. The average Bonchev–Trinajstić information content (AvgIpc) is 2.93. The number of hydrogen-bond donors (Lipinski definition) is 1. The molecule has 1 fully saturated rings. The van der Waals surface area contributed by atoms with E-state index in [1.165, 1.54) is 25.9 Å². The standard InChI is InChI=1S/C16H25N3O2/c1-13(12-18-8-3-4-9-18)10-17-11-15-6-5-7-16(14(15)2)19(20)21/h5-7,13,17H,3-4,8-12H2,1-2H3. The van der Waals surface area contributed by atoms with Gasteiger partial charge in [0.05, 0.1) is 4.92 Å². The van der Waals surface area contributed by atoms with E-state index in [4.69, 9.17) is 0 Å². The third-order valence-corrected chi connectivity index (χ3v) is 4.19. The fraction of sp³-hybridized carbons (Fsp3) is 0.625. The van der Waals surface area contributed by atoms with Crippen LogP contribution in [0, 0.1) is 23.0 Å². The summed E-state index contributed by atoms with van der Waals surface area (Å²) in [6.07, 6.45) is 2.65. The van der Waals surface area contributed by atoms with E-state index in [2.05, 4.69) is 17.1 Å². The summed E-state index contributed by atoms with van der Waals surface area (Å²) in [6, 6.07) is 5.28. The maximum absolute atomic E-state index is 10.9. The van der Waals surface area contributed by atoms with E-state index in [1.54, 1.807) is 12.1 Å². The Balaban J connectivity index is 1.80. The highest BCUT2D eigenvalue weighted by Crippen LogP contribution is 2.20. The monoisotopic (exact) mass is 291 g/mol. The molecule has 1 atom stereocenters. The third kappa shape index (κ3) is 4.51. The van der Waals surface area contributed by atoms with Crippen LogP contribution in [0.1, 0.15) is 30.9 Å². The maximum atomic E-state index is 10.9. The van der Waals surface area contributed by atoms with Gasteiger partial charge in [-0.25, -0.2) is 0 Å². The molecule has 0 amide bonds. The summed E-state index contributed by atoms with van der Waals surface area (Å²) in [4.78, 5) is 13.1. The highest BCUT2D eigenvalue weighted by molar-refractivity contribution is 5.44. The van der Waals surface area contributed by atoms with Crippen LogP contribution in [0.15, 0.2) is 18.2 Å². The first-order chi connectivity index (χ1) is 10.1. The SMILES string of the molecule is Cc1c(CNCC(C)CN2CCCC2)cccc1[N+](=O)[O-]. The Labute approximate surface area is 126 Å². The van der Waals surface area contributed by atoms with E-state index >= 15 is 0 Å². The number of nitro groups is 1. The minimum absolute atomic E-state index is 0.208. The molecule has 0 saturated carbocycles. The van der Waals surface area contributed by atoms with Crippen LogP contribution in [0.25, 0.3) is 0 Å². The molecule has 0 aromatic heterocycles. The number of rotatable bonds is 7. The topological polar surface area (TPSA) is 58.4 Å². The molecule has 1 saturated heterocycles. The Hall–Kier alpha value is -1.46. The van der Waals surface area contributed by atoms with Gasteiger partial charge in [-0.05, 0) is 50.9 Å². The van der Waals surface area contributed by atoms with Gasteiger partial charge in [-0.3, -0.25) is 10.1 Å². The summed E-state index contributed by atoms with van der Waals surface area (Å²) in [7, 11) is 0. The summed E-state index contributed by atoms with van der Waals surface area (Å²) < 4.78 is 0. The Morgan fingerprint density at radius 2 is 2.10 bits per heavy atom. The molecule has 1 aromatic rings. The van der Waals surface area contributed by atoms with Crippen LogP contribution in [0.3, 0.4) is 0 Å². The van der Waals surface area contributed by atoms with E-state index in [-0.39, 0.29) is 10.6 Å². The lowest BCUT2D eigenvalue weighted by atomic mass is 10.1. The minimum atomic E-state index is -0.311. The molecule has 0 bridgehead atoms. The first-order valence-electron chi connectivity index (χ1n) is 7.74. The van der Waals surface area contributed by atoms with E-state index in [0.29, 0.717) is 12.5 Å². The molecule has 1 N–H and O–H groups in total. The van der Waals surface area contributed by atoms with Crippen molar-refractivity contribution in [2.24, 2.45) is 5.92 Å². The summed E-state index contributed by atoms with van der Waals surface area (Å²) in [5, 5.41) is 14.4. The summed E-state index contributed by atoms with van der Waals surface area (Å²) in [5.41, 5.74) is 1.99. The van der Waals surface area contributed by atoms with Gasteiger partial charge in [-0.15, -0.1) is 0 Å². The largest absolute Gasteiger partial charge is 0.312 e. The molecule has 0 aliphatic carbocycles. The van der Waals surface area contributed by atoms with Crippen LogP contribution >= 0.6 is 0 Å². The lowest BCUT2D eigenvalue weighted by Gasteiger charge is -2.20. The van der Waals surface area contributed by atoms with Crippen molar-refractivity contribution in [3.63, 3.8) is 0 Å². The first-order valence-corrected chi connectivity index (χ1v) is 7.74. The Kier molecular flexibility index (Phi) is 5.70. The highest BCUT2D eigenvalue weighted by atomic mass is 16.6. The van der Waals surface area contributed by atoms with Crippen molar-refractivity contribution in [2.75, 3.05) is 26.2 Å².